The highest BCUT2D eigenvalue weighted by molar-refractivity contribution is 7.90. The lowest BCUT2D eigenvalue weighted by atomic mass is 9.87. The molecule has 34 heavy (non-hydrogen) atoms. The molecule has 0 saturated heterocycles. The number of carbonyl (C=O) groups is 1. The number of phenolic OH excluding ortho intramolecular Hbond substituents is 1. The Balaban J connectivity index is 1.64. The van der Waals surface area contributed by atoms with Crippen LogP contribution in [0.1, 0.15) is 55.7 Å². The first-order chi connectivity index (χ1) is 16.3. The van der Waals surface area contributed by atoms with Crippen molar-refractivity contribution in [2.24, 2.45) is 0 Å². The molecule has 1 aliphatic carbocycles. The van der Waals surface area contributed by atoms with Gasteiger partial charge in [-0.3, -0.25) is 10.2 Å². The summed E-state index contributed by atoms with van der Waals surface area (Å²) >= 11 is 0. The lowest BCUT2D eigenvalue weighted by Crippen LogP contribution is -2.49. The van der Waals surface area contributed by atoms with E-state index in [4.69, 9.17) is 0 Å². The predicted molar refractivity (Wildman–Crippen MR) is 136 cm³/mol. The number of hydrogen-bond acceptors (Lipinski definition) is 6. The van der Waals surface area contributed by atoms with Gasteiger partial charge in [0.15, 0.2) is 9.84 Å². The Morgan fingerprint density at radius 2 is 1.88 bits per heavy atom. The maximum absolute atomic E-state index is 11.7. The number of unbranched alkanes of at least 4 members (excludes halogenated alkanes) is 3. The number of nitrogens with one attached hydrogen (secondary N) is 2. The fourth-order valence-corrected chi connectivity index (χ4v) is 5.20. The molecule has 1 atom stereocenters. The van der Waals surface area contributed by atoms with Gasteiger partial charge in [0.2, 0.25) is 6.41 Å². The Morgan fingerprint density at radius 1 is 1.12 bits per heavy atom. The van der Waals surface area contributed by atoms with Crippen molar-refractivity contribution < 1.29 is 18.3 Å². The molecule has 7 nitrogen and oxygen atoms in total. The predicted octanol–water partition coefficient (Wildman–Crippen LogP) is 3.85. The van der Waals surface area contributed by atoms with Gasteiger partial charge in [-0.2, -0.15) is 0 Å². The maximum atomic E-state index is 11.7. The second kappa shape index (κ2) is 12.3. The standard InChI is InChI=1S/C26H37N3O4S/c1-3-4-5-6-15-29(28-14-13-20-7-11-24(12-8-20)34(2,32)33)23-10-9-21-18-26(31)25(27-19-30)17-22(21)16-23/h7-8,11-12,17-19,23,28,31H,3-6,9-10,13-16H2,1-2H3,(H,27,30). The SMILES string of the molecule is CCCCCCN(NCCc1ccc(S(C)(=O)=O)cc1)C1CCc2cc(O)c(NC=O)cc2C1. The van der Waals surface area contributed by atoms with Crippen LogP contribution < -0.4 is 10.7 Å². The molecule has 0 heterocycles. The first-order valence-corrected chi connectivity index (χ1v) is 14.0. The summed E-state index contributed by atoms with van der Waals surface area (Å²) in [4.78, 5) is 11.2. The summed E-state index contributed by atoms with van der Waals surface area (Å²) in [7, 11) is -3.18. The topological polar surface area (TPSA) is 98.7 Å². The number of aromatic hydroxyl groups is 1. The average Bonchev–Trinajstić information content (AvgIpc) is 2.81. The summed E-state index contributed by atoms with van der Waals surface area (Å²) in [6.45, 7) is 3.94. The van der Waals surface area contributed by atoms with E-state index in [2.05, 4.69) is 22.7 Å². The number of phenols is 1. The average molecular weight is 488 g/mol. The number of hydrazine groups is 1. The van der Waals surface area contributed by atoms with Crippen LogP contribution in [0.3, 0.4) is 0 Å². The zero-order valence-electron chi connectivity index (χ0n) is 20.2. The largest absolute Gasteiger partial charge is 0.506 e. The number of nitrogens with zero attached hydrogens (tertiary/aromatic N) is 1. The van der Waals surface area contributed by atoms with Gasteiger partial charge in [0.1, 0.15) is 5.75 Å². The van der Waals surface area contributed by atoms with Crippen molar-refractivity contribution in [2.75, 3.05) is 24.7 Å². The quantitative estimate of drug-likeness (QED) is 0.172. The van der Waals surface area contributed by atoms with Crippen molar-refractivity contribution in [2.45, 2.75) is 69.2 Å². The van der Waals surface area contributed by atoms with Crippen molar-refractivity contribution in [3.8, 4) is 5.75 Å². The third kappa shape index (κ3) is 7.29. The van der Waals surface area contributed by atoms with Crippen LogP contribution in [0.25, 0.3) is 0 Å². The Kier molecular flexibility index (Phi) is 9.50. The summed E-state index contributed by atoms with van der Waals surface area (Å²) in [6.07, 6.45) is 10.1. The van der Waals surface area contributed by atoms with Crippen LogP contribution in [0.5, 0.6) is 5.75 Å². The van der Waals surface area contributed by atoms with Crippen molar-refractivity contribution >= 4 is 21.9 Å². The van der Waals surface area contributed by atoms with Gasteiger partial charge in [0.05, 0.1) is 10.6 Å². The molecular weight excluding hydrogens is 450 g/mol. The Labute approximate surface area is 203 Å². The van der Waals surface area contributed by atoms with Gasteiger partial charge in [-0.1, -0.05) is 38.3 Å². The minimum Gasteiger partial charge on any atom is -0.506 e. The molecule has 3 N–H and O–H groups in total. The molecule has 0 aromatic heterocycles. The van der Waals surface area contributed by atoms with E-state index in [1.165, 1.54) is 25.5 Å². The molecule has 3 rings (SSSR count). The van der Waals surface area contributed by atoms with E-state index < -0.39 is 9.84 Å². The van der Waals surface area contributed by atoms with Crippen LogP contribution >= 0.6 is 0 Å². The third-order valence-electron chi connectivity index (χ3n) is 6.51. The summed E-state index contributed by atoms with van der Waals surface area (Å²) in [5.74, 6) is 0.112. The van der Waals surface area contributed by atoms with Crippen LogP contribution in [-0.4, -0.2) is 50.3 Å². The van der Waals surface area contributed by atoms with Crippen LogP contribution in [0, 0.1) is 0 Å². The smallest absolute Gasteiger partial charge is 0.211 e. The number of rotatable bonds is 13. The lowest BCUT2D eigenvalue weighted by molar-refractivity contribution is -0.105. The normalized spacial score (nSPS) is 15.8. The van der Waals surface area contributed by atoms with Crippen molar-refractivity contribution in [3.63, 3.8) is 0 Å². The monoisotopic (exact) mass is 487 g/mol. The van der Waals surface area contributed by atoms with Gasteiger partial charge in [0, 0.05) is 25.4 Å². The van der Waals surface area contributed by atoms with Crippen molar-refractivity contribution in [1.82, 2.24) is 10.4 Å². The molecule has 0 spiro atoms. The lowest BCUT2D eigenvalue weighted by Gasteiger charge is -2.36. The van der Waals surface area contributed by atoms with E-state index in [9.17, 15) is 18.3 Å². The molecule has 0 fully saturated rings. The molecule has 1 amide bonds. The van der Waals surface area contributed by atoms with E-state index >= 15 is 0 Å². The molecule has 0 bridgehead atoms. The number of hydrogen-bond donors (Lipinski definition) is 3. The first-order valence-electron chi connectivity index (χ1n) is 12.2. The highest BCUT2D eigenvalue weighted by Crippen LogP contribution is 2.32. The van der Waals surface area contributed by atoms with Crippen LogP contribution in [-0.2, 0) is 33.9 Å². The van der Waals surface area contributed by atoms with Crippen LogP contribution in [0.4, 0.5) is 5.69 Å². The third-order valence-corrected chi connectivity index (χ3v) is 7.64. The van der Waals surface area contributed by atoms with Crippen molar-refractivity contribution in [3.05, 3.63) is 53.1 Å². The minimum atomic E-state index is -3.18. The molecule has 1 unspecified atom stereocenters. The van der Waals surface area contributed by atoms with Gasteiger partial charge in [-0.15, -0.1) is 0 Å². The second-order valence-corrected chi connectivity index (χ2v) is 11.1. The molecule has 0 radical (unpaired) electrons. The van der Waals surface area contributed by atoms with Gasteiger partial charge in [-0.25, -0.2) is 13.4 Å². The van der Waals surface area contributed by atoms with E-state index in [0.29, 0.717) is 23.0 Å². The fraction of sp³-hybridized carbons (Fsp3) is 0.500. The molecule has 8 heteroatoms. The number of benzene rings is 2. The van der Waals surface area contributed by atoms with Gasteiger partial charge >= 0.3 is 0 Å². The van der Waals surface area contributed by atoms with Gasteiger partial charge < -0.3 is 10.4 Å². The molecule has 1 aliphatic rings. The molecule has 0 aliphatic heterocycles. The fourth-order valence-electron chi connectivity index (χ4n) is 4.57. The van der Waals surface area contributed by atoms with Crippen molar-refractivity contribution in [1.29, 1.82) is 0 Å². The molecule has 2 aromatic carbocycles. The zero-order chi connectivity index (χ0) is 24.6. The zero-order valence-corrected chi connectivity index (χ0v) is 21.0. The van der Waals surface area contributed by atoms with E-state index in [1.54, 1.807) is 18.2 Å². The number of amides is 1. The number of sulfone groups is 1. The number of carbonyl (C=O) groups excluding carboxylic acids is 1. The van der Waals surface area contributed by atoms with E-state index in [1.807, 2.05) is 18.2 Å². The van der Waals surface area contributed by atoms with Crippen LogP contribution in [0.15, 0.2) is 41.3 Å². The van der Waals surface area contributed by atoms with Gasteiger partial charge in [0.25, 0.3) is 0 Å². The van der Waals surface area contributed by atoms with E-state index in [-0.39, 0.29) is 5.75 Å². The Hall–Kier alpha value is -2.42. The maximum Gasteiger partial charge on any atom is 0.211 e. The molecule has 0 saturated carbocycles. The Bertz CT molecular complexity index is 1050. The number of fused-ring (bicyclic) bond motifs is 1. The summed E-state index contributed by atoms with van der Waals surface area (Å²) in [5, 5.41) is 15.1. The highest BCUT2D eigenvalue weighted by Gasteiger charge is 2.25. The number of anilines is 1. The second-order valence-electron chi connectivity index (χ2n) is 9.13. The minimum absolute atomic E-state index is 0.112. The van der Waals surface area contributed by atoms with E-state index in [0.717, 1.165) is 61.9 Å². The Morgan fingerprint density at radius 3 is 2.56 bits per heavy atom. The summed E-state index contributed by atoms with van der Waals surface area (Å²) in [5.41, 5.74) is 7.49. The highest BCUT2D eigenvalue weighted by atomic mass is 32.2. The molecule has 2 aromatic rings. The van der Waals surface area contributed by atoms with Crippen LogP contribution in [0.2, 0.25) is 0 Å². The summed E-state index contributed by atoms with van der Waals surface area (Å²) in [6, 6.07) is 11.1. The molecule has 186 valence electrons. The van der Waals surface area contributed by atoms with Gasteiger partial charge in [-0.05, 0) is 73.1 Å². The first kappa shape index (κ1) is 26.2. The molecular formula is C26H37N3O4S. The summed E-state index contributed by atoms with van der Waals surface area (Å²) < 4.78 is 23.4. The number of aryl methyl sites for hydroxylation is 1.